The molecule has 0 N–H and O–H groups in total. The average Bonchev–Trinajstić information content (AvgIpc) is 2.07. The summed E-state index contributed by atoms with van der Waals surface area (Å²) in [5, 5.41) is 3.05. The van der Waals surface area contributed by atoms with E-state index in [4.69, 9.17) is 0 Å². The van der Waals surface area contributed by atoms with Crippen molar-refractivity contribution in [3.05, 3.63) is 0 Å². The van der Waals surface area contributed by atoms with E-state index in [0.29, 0.717) is 3.41 Å². The van der Waals surface area contributed by atoms with Gasteiger partial charge in [0.1, 0.15) is 3.41 Å². The summed E-state index contributed by atoms with van der Waals surface area (Å²) < 4.78 is 0.356. The fourth-order valence-corrected chi connectivity index (χ4v) is 9.36. The lowest BCUT2D eigenvalue weighted by Gasteiger charge is -2.34. The average molecular weight is 277 g/mol. The zero-order valence-electron chi connectivity index (χ0n) is 6.56. The van der Waals surface area contributed by atoms with Crippen molar-refractivity contribution in [2.75, 3.05) is 21.0 Å². The third kappa shape index (κ3) is 3.69. The summed E-state index contributed by atoms with van der Waals surface area (Å²) >= 11 is 16.6. The third-order valence-corrected chi connectivity index (χ3v) is 8.20. The molecule has 0 amide bonds. The molecule has 0 nitrogen and oxygen atoms in total. The zero-order chi connectivity index (χ0) is 8.86. The maximum atomic E-state index is 4.28. The van der Waals surface area contributed by atoms with Crippen LogP contribution in [0.3, 0.4) is 0 Å². The summed E-state index contributed by atoms with van der Waals surface area (Å²) in [5.74, 6) is 1.29. The quantitative estimate of drug-likeness (QED) is 0.593. The molecule has 0 aromatic heterocycles. The number of thiol groups is 2. The van der Waals surface area contributed by atoms with Gasteiger partial charge in [-0.15, -0.1) is 35.3 Å². The van der Waals surface area contributed by atoms with Gasteiger partial charge in [-0.1, -0.05) is 0 Å². The van der Waals surface area contributed by atoms with E-state index >= 15 is 0 Å². The lowest BCUT2D eigenvalue weighted by atomic mass is 10.5. The number of rotatable bonds is 4. The molecule has 72 valence electrons. The summed E-state index contributed by atoms with van der Waals surface area (Å²) in [6, 6.07) is 0. The van der Waals surface area contributed by atoms with Crippen molar-refractivity contribution in [1.82, 2.24) is 0 Å². The number of thioether (sulfide) groups is 4. The molecule has 1 aliphatic rings. The molecule has 1 saturated heterocycles. The Hall–Kier alpha value is 2.10. The van der Waals surface area contributed by atoms with Gasteiger partial charge in [-0.2, -0.15) is 37.0 Å². The van der Waals surface area contributed by atoms with Crippen LogP contribution in [-0.4, -0.2) is 24.4 Å². The van der Waals surface area contributed by atoms with E-state index in [1.54, 1.807) is 0 Å². The van der Waals surface area contributed by atoms with Crippen molar-refractivity contribution in [1.29, 1.82) is 0 Å². The third-order valence-electron chi connectivity index (χ3n) is 1.48. The Morgan fingerprint density at radius 2 is 1.92 bits per heavy atom. The maximum absolute atomic E-state index is 4.28. The van der Waals surface area contributed by atoms with Crippen LogP contribution in [0, 0.1) is 0 Å². The first-order valence-electron chi connectivity index (χ1n) is 3.54. The molecule has 0 bridgehead atoms. The van der Waals surface area contributed by atoms with Crippen molar-refractivity contribution in [3.8, 4) is 0 Å². The van der Waals surface area contributed by atoms with Crippen molar-refractivity contribution >= 4 is 72.3 Å². The molecule has 12 heavy (non-hydrogen) atoms. The zero-order valence-corrected chi connectivity index (χ0v) is 11.6. The first kappa shape index (κ1) is 12.2. The summed E-state index contributed by atoms with van der Waals surface area (Å²) in [6.07, 6.45) is 1.28. The number of hydrogen-bond donors (Lipinski definition) is 2. The fraction of sp³-hybridized carbons (Fsp3) is 1.00. The normalized spacial score (nSPS) is 22.5. The second-order valence-electron chi connectivity index (χ2n) is 2.15. The molecule has 0 aromatic rings. The minimum absolute atomic E-state index is 0.356. The van der Waals surface area contributed by atoms with Crippen molar-refractivity contribution in [2.45, 2.75) is 9.83 Å². The highest BCUT2D eigenvalue weighted by molar-refractivity contribution is 8.39. The van der Waals surface area contributed by atoms with E-state index in [-0.39, 0.29) is 0 Å². The van der Waals surface area contributed by atoms with Gasteiger partial charge >= 0.3 is 0 Å². The largest absolute Gasteiger partial charge is 0.168 e. The molecule has 0 unspecified atom stereocenters. The summed E-state index contributed by atoms with van der Waals surface area (Å²) in [4.78, 5) is 0. The van der Waals surface area contributed by atoms with Gasteiger partial charge in [-0.25, -0.2) is 0 Å². The van der Waals surface area contributed by atoms with E-state index in [1.165, 1.54) is 17.3 Å². The van der Waals surface area contributed by atoms with Crippen LogP contribution in [0.4, 0.5) is 0 Å². The topological polar surface area (TPSA) is 0 Å². The monoisotopic (exact) mass is 276 g/mol. The molecule has 6 heteroatoms. The predicted octanol–water partition coefficient (Wildman–Crippen LogP) is 3.71. The van der Waals surface area contributed by atoms with Gasteiger partial charge in [0.2, 0.25) is 0 Å². The van der Waals surface area contributed by atoms with Gasteiger partial charge < -0.3 is 0 Å². The molecule has 0 saturated carbocycles. The van der Waals surface area contributed by atoms with Gasteiger partial charge in [0.15, 0.2) is 0 Å². The molecule has 0 atom stereocenters. The molecule has 1 fully saturated rings. The standard InChI is InChI=1S/C6H12S6/c7-3-10-6(11-4-8)1-2-9-5-12-6/h7-8H,1-5H2. The molecule has 0 aromatic carbocycles. The highest BCUT2D eigenvalue weighted by atomic mass is 32.3. The van der Waals surface area contributed by atoms with E-state index in [2.05, 4.69) is 37.0 Å². The summed E-state index contributed by atoms with van der Waals surface area (Å²) in [7, 11) is 0. The van der Waals surface area contributed by atoms with Crippen LogP contribution in [0.15, 0.2) is 0 Å². The van der Waals surface area contributed by atoms with E-state index in [0.717, 1.165) is 10.2 Å². The van der Waals surface area contributed by atoms with Gasteiger partial charge in [-0.05, 0) is 12.2 Å². The van der Waals surface area contributed by atoms with Crippen LogP contribution in [0.5, 0.6) is 0 Å². The second kappa shape index (κ2) is 6.56. The molecular weight excluding hydrogens is 264 g/mol. The Kier molecular flexibility index (Phi) is 6.65. The van der Waals surface area contributed by atoms with Gasteiger partial charge in [0.25, 0.3) is 0 Å². The van der Waals surface area contributed by atoms with Crippen molar-refractivity contribution < 1.29 is 0 Å². The second-order valence-corrected chi connectivity index (χ2v) is 9.71. The maximum Gasteiger partial charge on any atom is 0.110 e. The predicted molar refractivity (Wildman–Crippen MR) is 75.2 cm³/mol. The molecule has 0 radical (unpaired) electrons. The van der Waals surface area contributed by atoms with E-state index in [1.807, 2.05) is 35.3 Å². The molecule has 0 aliphatic carbocycles. The highest BCUT2D eigenvalue weighted by Crippen LogP contribution is 2.54. The number of hydrogen-bond acceptors (Lipinski definition) is 6. The van der Waals surface area contributed by atoms with Crippen LogP contribution in [0.25, 0.3) is 0 Å². The highest BCUT2D eigenvalue weighted by Gasteiger charge is 2.33. The minimum atomic E-state index is 0.356. The van der Waals surface area contributed by atoms with Crippen LogP contribution in [-0.2, 0) is 0 Å². The lowest BCUT2D eigenvalue weighted by Crippen LogP contribution is -2.20. The van der Waals surface area contributed by atoms with Crippen LogP contribution in [0.2, 0.25) is 0 Å². The Balaban J connectivity index is 2.44. The first-order chi connectivity index (χ1) is 5.83. The van der Waals surface area contributed by atoms with Crippen LogP contribution in [0.1, 0.15) is 6.42 Å². The Morgan fingerprint density at radius 1 is 1.25 bits per heavy atom. The minimum Gasteiger partial charge on any atom is -0.168 e. The molecule has 1 heterocycles. The fourth-order valence-electron chi connectivity index (χ4n) is 0.926. The first-order valence-corrected chi connectivity index (χ1v) is 8.92. The van der Waals surface area contributed by atoms with Crippen molar-refractivity contribution in [2.24, 2.45) is 0 Å². The summed E-state index contributed by atoms with van der Waals surface area (Å²) in [6.45, 7) is 0. The van der Waals surface area contributed by atoms with Crippen LogP contribution < -0.4 is 0 Å². The van der Waals surface area contributed by atoms with Gasteiger partial charge in [0, 0.05) is 15.3 Å². The van der Waals surface area contributed by atoms with Crippen LogP contribution >= 0.6 is 72.3 Å². The molecule has 0 spiro atoms. The van der Waals surface area contributed by atoms with Crippen molar-refractivity contribution in [3.63, 3.8) is 0 Å². The van der Waals surface area contributed by atoms with Gasteiger partial charge in [-0.3, -0.25) is 0 Å². The summed E-state index contributed by atoms with van der Waals surface area (Å²) in [5.41, 5.74) is 0. The molecule has 1 aliphatic heterocycles. The molecular formula is C6H12S6. The van der Waals surface area contributed by atoms with E-state index in [9.17, 15) is 0 Å². The Bertz CT molecular complexity index is 106. The lowest BCUT2D eigenvalue weighted by molar-refractivity contribution is 1.02. The Labute approximate surface area is 102 Å². The Morgan fingerprint density at radius 3 is 2.33 bits per heavy atom. The molecule has 1 rings (SSSR count). The SMILES string of the molecule is SCSC1(SCS)CCSCS1. The van der Waals surface area contributed by atoms with E-state index < -0.39 is 0 Å². The van der Waals surface area contributed by atoms with Gasteiger partial charge in [0.05, 0.1) is 0 Å². The smallest absolute Gasteiger partial charge is 0.110 e.